The Morgan fingerprint density at radius 2 is 1.64 bits per heavy atom. The maximum Gasteiger partial charge on any atom is 0.337 e. The Kier molecular flexibility index (Phi) is 5.64. The van der Waals surface area contributed by atoms with Crippen LogP contribution in [0, 0.1) is 13.8 Å². The van der Waals surface area contributed by atoms with Crippen molar-refractivity contribution in [1.82, 2.24) is 9.97 Å². The molecular weight excluding hydrogens is 356 g/mol. The van der Waals surface area contributed by atoms with E-state index >= 15 is 0 Å². The van der Waals surface area contributed by atoms with E-state index in [0.29, 0.717) is 17.1 Å². The lowest BCUT2D eigenvalue weighted by atomic mass is 10.1. The molecule has 28 heavy (non-hydrogen) atoms. The number of benzene rings is 2. The topological polar surface area (TPSA) is 93.2 Å². The average molecular weight is 376 g/mol. The van der Waals surface area contributed by atoms with Crippen LogP contribution in [-0.4, -0.2) is 29.0 Å². The predicted molar refractivity (Wildman–Crippen MR) is 107 cm³/mol. The molecule has 3 aromatic rings. The van der Waals surface area contributed by atoms with Crippen LogP contribution in [0.5, 0.6) is 0 Å². The molecule has 0 saturated heterocycles. The van der Waals surface area contributed by atoms with Crippen LogP contribution in [0.4, 0.5) is 17.2 Å². The standard InChI is InChI=1S/C21H20N4O3/c1-13-5-4-6-14(2)19(13)25-20(26)17-11-18(23-12-22-17)24-16-9-7-15(8-10-16)21(27)28-3/h4-12H,1-3H3,(H,25,26)(H,22,23,24). The number of carbonyl (C=O) groups is 2. The Labute approximate surface area is 162 Å². The Balaban J connectivity index is 1.75. The number of hydrogen-bond acceptors (Lipinski definition) is 6. The van der Waals surface area contributed by atoms with Crippen LogP contribution < -0.4 is 10.6 Å². The third-order valence-electron chi connectivity index (χ3n) is 4.20. The van der Waals surface area contributed by atoms with Crippen LogP contribution in [0.25, 0.3) is 0 Å². The summed E-state index contributed by atoms with van der Waals surface area (Å²) < 4.78 is 4.68. The van der Waals surface area contributed by atoms with E-state index in [1.165, 1.54) is 13.4 Å². The first-order chi connectivity index (χ1) is 13.5. The molecule has 1 heterocycles. The molecule has 1 amide bonds. The molecule has 2 aromatic carbocycles. The summed E-state index contributed by atoms with van der Waals surface area (Å²) in [5, 5.41) is 5.99. The third-order valence-corrected chi connectivity index (χ3v) is 4.20. The minimum atomic E-state index is -0.404. The molecule has 7 heteroatoms. The summed E-state index contributed by atoms with van der Waals surface area (Å²) in [5.74, 6) is -0.254. The average Bonchev–Trinajstić information content (AvgIpc) is 2.71. The molecule has 142 valence electrons. The van der Waals surface area contributed by atoms with Crippen molar-refractivity contribution in [2.75, 3.05) is 17.7 Å². The van der Waals surface area contributed by atoms with Gasteiger partial charge in [-0.2, -0.15) is 0 Å². The second-order valence-corrected chi connectivity index (χ2v) is 6.20. The summed E-state index contributed by atoms with van der Waals surface area (Å²) in [5.41, 5.74) is 4.14. The SMILES string of the molecule is COC(=O)c1ccc(Nc2cc(C(=O)Nc3c(C)cccc3C)ncn2)cc1. The minimum absolute atomic E-state index is 0.242. The zero-order valence-corrected chi connectivity index (χ0v) is 15.8. The zero-order valence-electron chi connectivity index (χ0n) is 15.8. The van der Waals surface area contributed by atoms with Crippen LogP contribution in [-0.2, 0) is 4.74 Å². The Bertz CT molecular complexity index is 996. The lowest BCUT2D eigenvalue weighted by Gasteiger charge is -2.11. The van der Waals surface area contributed by atoms with Gasteiger partial charge in [-0.05, 0) is 49.2 Å². The van der Waals surface area contributed by atoms with E-state index in [2.05, 4.69) is 25.3 Å². The molecule has 1 aromatic heterocycles. The summed E-state index contributed by atoms with van der Waals surface area (Å²) in [6.45, 7) is 3.88. The van der Waals surface area contributed by atoms with Crippen LogP contribution in [0.15, 0.2) is 54.9 Å². The Morgan fingerprint density at radius 1 is 0.964 bits per heavy atom. The van der Waals surface area contributed by atoms with Crippen LogP contribution in [0.1, 0.15) is 32.0 Å². The number of aryl methyl sites for hydroxylation is 2. The summed E-state index contributed by atoms with van der Waals surface area (Å²) in [7, 11) is 1.33. The first kappa shape index (κ1) is 19.0. The number of carbonyl (C=O) groups excluding carboxylic acids is 2. The molecule has 0 unspecified atom stereocenters. The van der Waals surface area contributed by atoms with Gasteiger partial charge in [-0.15, -0.1) is 0 Å². The highest BCUT2D eigenvalue weighted by Gasteiger charge is 2.12. The second kappa shape index (κ2) is 8.30. The normalized spacial score (nSPS) is 10.2. The molecule has 0 radical (unpaired) electrons. The first-order valence-electron chi connectivity index (χ1n) is 8.63. The number of aromatic nitrogens is 2. The van der Waals surface area contributed by atoms with Crippen molar-refractivity contribution < 1.29 is 14.3 Å². The molecule has 0 atom stereocenters. The van der Waals surface area contributed by atoms with Crippen LogP contribution >= 0.6 is 0 Å². The van der Waals surface area contributed by atoms with E-state index in [-0.39, 0.29) is 11.6 Å². The van der Waals surface area contributed by atoms with Gasteiger partial charge >= 0.3 is 5.97 Å². The summed E-state index contributed by atoms with van der Waals surface area (Å²) in [6.07, 6.45) is 1.32. The number of hydrogen-bond donors (Lipinski definition) is 2. The van der Waals surface area contributed by atoms with Crippen molar-refractivity contribution >= 4 is 29.1 Å². The number of methoxy groups -OCH3 is 1. The smallest absolute Gasteiger partial charge is 0.337 e. The number of esters is 1. The number of anilines is 3. The lowest BCUT2D eigenvalue weighted by Crippen LogP contribution is -2.15. The van der Waals surface area contributed by atoms with Gasteiger partial charge in [0.25, 0.3) is 5.91 Å². The molecule has 7 nitrogen and oxygen atoms in total. The largest absolute Gasteiger partial charge is 0.465 e. The van der Waals surface area contributed by atoms with E-state index in [0.717, 1.165) is 16.8 Å². The van der Waals surface area contributed by atoms with Gasteiger partial charge in [0.2, 0.25) is 0 Å². The summed E-state index contributed by atoms with van der Waals surface area (Å²) in [6, 6.07) is 14.1. The maximum absolute atomic E-state index is 12.6. The van der Waals surface area contributed by atoms with Crippen molar-refractivity contribution in [2.45, 2.75) is 13.8 Å². The third kappa shape index (κ3) is 4.32. The molecule has 0 aliphatic rings. The van der Waals surface area contributed by atoms with Gasteiger partial charge in [0.05, 0.1) is 12.7 Å². The van der Waals surface area contributed by atoms with Gasteiger partial charge in [0.1, 0.15) is 17.8 Å². The van der Waals surface area contributed by atoms with Crippen molar-refractivity contribution in [3.8, 4) is 0 Å². The summed E-state index contributed by atoms with van der Waals surface area (Å²) >= 11 is 0. The molecule has 0 spiro atoms. The maximum atomic E-state index is 12.6. The number of rotatable bonds is 5. The van der Waals surface area contributed by atoms with Crippen LogP contribution in [0.2, 0.25) is 0 Å². The fourth-order valence-corrected chi connectivity index (χ4v) is 2.69. The van der Waals surface area contributed by atoms with E-state index < -0.39 is 5.97 Å². The molecule has 0 aliphatic carbocycles. The van der Waals surface area contributed by atoms with Crippen molar-refractivity contribution in [1.29, 1.82) is 0 Å². The fraction of sp³-hybridized carbons (Fsp3) is 0.143. The van der Waals surface area contributed by atoms with Crippen molar-refractivity contribution in [2.24, 2.45) is 0 Å². The highest BCUT2D eigenvalue weighted by molar-refractivity contribution is 6.04. The number of nitrogens with zero attached hydrogens (tertiary/aromatic N) is 2. The van der Waals surface area contributed by atoms with E-state index in [9.17, 15) is 9.59 Å². The number of amides is 1. The Hall–Kier alpha value is -3.74. The summed E-state index contributed by atoms with van der Waals surface area (Å²) in [4.78, 5) is 32.3. The van der Waals surface area contributed by atoms with E-state index in [4.69, 9.17) is 0 Å². The number of ether oxygens (including phenoxy) is 1. The zero-order chi connectivity index (χ0) is 20.1. The van der Waals surface area contributed by atoms with Crippen molar-refractivity contribution in [3.63, 3.8) is 0 Å². The number of para-hydroxylation sites is 1. The molecule has 0 aliphatic heterocycles. The van der Waals surface area contributed by atoms with Gasteiger partial charge < -0.3 is 15.4 Å². The second-order valence-electron chi connectivity index (χ2n) is 6.20. The first-order valence-corrected chi connectivity index (χ1v) is 8.63. The van der Waals surface area contributed by atoms with E-state index in [1.54, 1.807) is 30.3 Å². The van der Waals surface area contributed by atoms with Crippen LogP contribution in [0.3, 0.4) is 0 Å². The lowest BCUT2D eigenvalue weighted by molar-refractivity contribution is 0.0600. The fourth-order valence-electron chi connectivity index (χ4n) is 2.69. The molecule has 0 fully saturated rings. The number of nitrogens with one attached hydrogen (secondary N) is 2. The van der Waals surface area contributed by atoms with Gasteiger partial charge in [-0.1, -0.05) is 18.2 Å². The predicted octanol–water partition coefficient (Wildman–Crippen LogP) is 3.88. The molecule has 0 bridgehead atoms. The van der Waals surface area contributed by atoms with Gasteiger partial charge in [-0.25, -0.2) is 14.8 Å². The highest BCUT2D eigenvalue weighted by atomic mass is 16.5. The quantitative estimate of drug-likeness (QED) is 0.657. The molecule has 3 rings (SSSR count). The van der Waals surface area contributed by atoms with Gasteiger partial charge in [0, 0.05) is 17.4 Å². The van der Waals surface area contributed by atoms with Gasteiger partial charge in [-0.3, -0.25) is 4.79 Å². The highest BCUT2D eigenvalue weighted by Crippen LogP contribution is 2.21. The van der Waals surface area contributed by atoms with Crippen molar-refractivity contribution in [3.05, 3.63) is 77.2 Å². The minimum Gasteiger partial charge on any atom is -0.465 e. The molecule has 2 N–H and O–H groups in total. The van der Waals surface area contributed by atoms with E-state index in [1.807, 2.05) is 32.0 Å². The Morgan fingerprint density at radius 3 is 2.29 bits per heavy atom. The van der Waals surface area contributed by atoms with Gasteiger partial charge in [0.15, 0.2) is 0 Å². The monoisotopic (exact) mass is 376 g/mol. The molecule has 0 saturated carbocycles. The molecular formula is C21H20N4O3.